The highest BCUT2D eigenvalue weighted by Crippen LogP contribution is 2.18. The van der Waals surface area contributed by atoms with Crippen LogP contribution in [0.2, 0.25) is 0 Å². The molecule has 0 radical (unpaired) electrons. The predicted molar refractivity (Wildman–Crippen MR) is 278 cm³/mol. The normalized spacial score (nSPS) is 12.5. The maximum atomic E-state index is 12.5. The van der Waals surface area contributed by atoms with E-state index in [9.17, 15) is 19.8 Å². The molecule has 0 aromatic rings. The Balaban J connectivity index is 3.36. The van der Waals surface area contributed by atoms with Gasteiger partial charge >= 0.3 is 5.97 Å². The molecule has 382 valence electrons. The zero-order chi connectivity index (χ0) is 46.5. The molecule has 0 saturated carbocycles. The van der Waals surface area contributed by atoms with Crippen molar-refractivity contribution in [3.63, 3.8) is 0 Å². The maximum absolute atomic E-state index is 12.5. The van der Waals surface area contributed by atoms with Gasteiger partial charge in [0.15, 0.2) is 0 Å². The molecular weight excluding hydrogens is 791 g/mol. The third-order valence-corrected chi connectivity index (χ3v) is 13.9. The van der Waals surface area contributed by atoms with E-state index in [0.717, 1.165) is 38.5 Å². The summed E-state index contributed by atoms with van der Waals surface area (Å²) in [5.41, 5.74) is 0. The van der Waals surface area contributed by atoms with Crippen LogP contribution in [0.15, 0.2) is 0 Å². The number of esters is 1. The summed E-state index contributed by atoms with van der Waals surface area (Å²) >= 11 is 0. The number of rotatable bonds is 55. The molecule has 0 aliphatic carbocycles. The quantitative estimate of drug-likeness (QED) is 0.0417. The van der Waals surface area contributed by atoms with Crippen LogP contribution < -0.4 is 5.32 Å². The van der Waals surface area contributed by atoms with Crippen LogP contribution in [0.1, 0.15) is 335 Å². The molecule has 6 nitrogen and oxygen atoms in total. The molecule has 64 heavy (non-hydrogen) atoms. The van der Waals surface area contributed by atoms with Gasteiger partial charge in [-0.2, -0.15) is 0 Å². The smallest absolute Gasteiger partial charge is 0.305 e. The number of hydrogen-bond donors (Lipinski definition) is 3. The zero-order valence-corrected chi connectivity index (χ0v) is 43.5. The SMILES string of the molecule is CCCCCCCCCCCCCCCC(=O)OCCCCCCCCCCCCCCCCCCCCCCCC(=O)NC(CO)C(O)CCCCCCCCCCCCCCC. The van der Waals surface area contributed by atoms with Crippen molar-refractivity contribution in [1.82, 2.24) is 5.32 Å². The zero-order valence-electron chi connectivity index (χ0n) is 43.5. The standard InChI is InChI=1S/C58H115NO5/c1-3-5-7-9-11-13-15-26-30-34-38-42-46-50-56(61)55(54-60)59-57(62)51-47-43-39-35-31-28-24-22-20-18-17-19-21-23-25-29-33-37-41-45-49-53-64-58(63)52-48-44-40-36-32-27-16-14-12-10-8-6-4-2/h55-56,60-61H,3-54H2,1-2H3,(H,59,62). The van der Waals surface area contributed by atoms with E-state index in [2.05, 4.69) is 19.2 Å². The second-order valence-corrected chi connectivity index (χ2v) is 20.3. The Kier molecular flexibility index (Phi) is 53.5. The highest BCUT2D eigenvalue weighted by atomic mass is 16.5. The Bertz CT molecular complexity index is 913. The summed E-state index contributed by atoms with van der Waals surface area (Å²) in [5, 5.41) is 23.2. The van der Waals surface area contributed by atoms with Crippen LogP contribution in [0, 0.1) is 0 Å². The number of nitrogens with one attached hydrogen (secondary N) is 1. The first-order chi connectivity index (χ1) is 31.5. The molecule has 0 aromatic heterocycles. The lowest BCUT2D eigenvalue weighted by Crippen LogP contribution is -2.45. The van der Waals surface area contributed by atoms with Crippen molar-refractivity contribution < 1.29 is 24.5 Å². The minimum atomic E-state index is -0.662. The number of aliphatic hydroxyl groups excluding tert-OH is 2. The van der Waals surface area contributed by atoms with E-state index in [-0.39, 0.29) is 18.5 Å². The third-order valence-electron chi connectivity index (χ3n) is 13.9. The van der Waals surface area contributed by atoms with Crippen molar-refractivity contribution in [3.05, 3.63) is 0 Å². The van der Waals surface area contributed by atoms with Crippen LogP contribution in [-0.2, 0) is 14.3 Å². The Labute approximate surface area is 400 Å². The van der Waals surface area contributed by atoms with Crippen molar-refractivity contribution >= 4 is 11.9 Å². The van der Waals surface area contributed by atoms with Crippen molar-refractivity contribution in [2.75, 3.05) is 13.2 Å². The van der Waals surface area contributed by atoms with Crippen molar-refractivity contribution in [2.24, 2.45) is 0 Å². The molecule has 2 unspecified atom stereocenters. The second-order valence-electron chi connectivity index (χ2n) is 20.3. The number of carbonyl (C=O) groups is 2. The van der Waals surface area contributed by atoms with E-state index in [1.807, 2.05) is 0 Å². The summed E-state index contributed by atoms with van der Waals surface area (Å²) < 4.78 is 5.48. The summed E-state index contributed by atoms with van der Waals surface area (Å²) in [5.74, 6) is -0.0197. The summed E-state index contributed by atoms with van der Waals surface area (Å²) in [6, 6.07) is -0.540. The third kappa shape index (κ3) is 50.3. The first-order valence-corrected chi connectivity index (χ1v) is 29.3. The minimum Gasteiger partial charge on any atom is -0.466 e. The first-order valence-electron chi connectivity index (χ1n) is 29.3. The van der Waals surface area contributed by atoms with Gasteiger partial charge in [-0.05, 0) is 25.7 Å². The molecule has 0 rings (SSSR count). The van der Waals surface area contributed by atoms with E-state index in [1.165, 1.54) is 263 Å². The van der Waals surface area contributed by atoms with Crippen molar-refractivity contribution in [1.29, 1.82) is 0 Å². The van der Waals surface area contributed by atoms with Gasteiger partial charge in [0.25, 0.3) is 0 Å². The fourth-order valence-electron chi connectivity index (χ4n) is 9.41. The van der Waals surface area contributed by atoms with Gasteiger partial charge in [0.05, 0.1) is 25.4 Å². The van der Waals surface area contributed by atoms with Crippen molar-refractivity contribution in [2.45, 2.75) is 347 Å². The van der Waals surface area contributed by atoms with Gasteiger partial charge in [-0.15, -0.1) is 0 Å². The van der Waals surface area contributed by atoms with E-state index < -0.39 is 12.1 Å². The molecule has 3 N–H and O–H groups in total. The Morgan fingerprint density at radius 3 is 0.953 bits per heavy atom. The number of aliphatic hydroxyl groups is 2. The Hall–Kier alpha value is -1.14. The molecule has 0 aliphatic rings. The van der Waals surface area contributed by atoms with Crippen LogP contribution in [0.25, 0.3) is 0 Å². The van der Waals surface area contributed by atoms with Crippen molar-refractivity contribution in [3.8, 4) is 0 Å². The summed E-state index contributed by atoms with van der Waals surface area (Å²) in [4.78, 5) is 24.5. The lowest BCUT2D eigenvalue weighted by atomic mass is 10.0. The van der Waals surface area contributed by atoms with Crippen LogP contribution in [0.5, 0.6) is 0 Å². The van der Waals surface area contributed by atoms with E-state index in [1.54, 1.807) is 0 Å². The fraction of sp³-hybridized carbons (Fsp3) is 0.966. The monoisotopic (exact) mass is 906 g/mol. The predicted octanol–water partition coefficient (Wildman–Crippen LogP) is 17.9. The summed E-state index contributed by atoms with van der Waals surface area (Å²) in [7, 11) is 0. The van der Waals surface area contributed by atoms with Gasteiger partial charge in [-0.3, -0.25) is 9.59 Å². The lowest BCUT2D eigenvalue weighted by Gasteiger charge is -2.22. The lowest BCUT2D eigenvalue weighted by molar-refractivity contribution is -0.143. The summed E-state index contributed by atoms with van der Waals surface area (Å²) in [6.45, 7) is 4.97. The molecule has 0 heterocycles. The molecular formula is C58H115NO5. The largest absolute Gasteiger partial charge is 0.466 e. The molecule has 1 amide bonds. The van der Waals surface area contributed by atoms with Crippen LogP contribution >= 0.6 is 0 Å². The second kappa shape index (κ2) is 54.5. The number of amides is 1. The van der Waals surface area contributed by atoms with E-state index in [4.69, 9.17) is 4.74 Å². The van der Waals surface area contributed by atoms with Gasteiger partial charge in [-0.25, -0.2) is 0 Å². The van der Waals surface area contributed by atoms with Crippen LogP contribution in [0.3, 0.4) is 0 Å². The highest BCUT2D eigenvalue weighted by Gasteiger charge is 2.20. The molecule has 0 bridgehead atoms. The molecule has 0 aliphatic heterocycles. The van der Waals surface area contributed by atoms with Gasteiger partial charge in [0.1, 0.15) is 0 Å². The van der Waals surface area contributed by atoms with Gasteiger partial charge < -0.3 is 20.3 Å². The number of carbonyl (C=O) groups excluding carboxylic acids is 2. The highest BCUT2D eigenvalue weighted by molar-refractivity contribution is 5.76. The van der Waals surface area contributed by atoms with Gasteiger partial charge in [-0.1, -0.05) is 296 Å². The van der Waals surface area contributed by atoms with Crippen LogP contribution in [0.4, 0.5) is 0 Å². The number of unbranched alkanes of at least 4 members (excludes halogenated alkanes) is 44. The average Bonchev–Trinajstić information content (AvgIpc) is 3.29. The van der Waals surface area contributed by atoms with E-state index in [0.29, 0.717) is 25.9 Å². The minimum absolute atomic E-state index is 0.0143. The Morgan fingerprint density at radius 1 is 0.375 bits per heavy atom. The molecule has 2 atom stereocenters. The molecule has 0 fully saturated rings. The average molecular weight is 907 g/mol. The van der Waals surface area contributed by atoms with E-state index >= 15 is 0 Å². The topological polar surface area (TPSA) is 95.9 Å². The molecule has 6 heteroatoms. The fourth-order valence-corrected chi connectivity index (χ4v) is 9.41. The van der Waals surface area contributed by atoms with Gasteiger partial charge in [0.2, 0.25) is 5.91 Å². The molecule has 0 saturated heterocycles. The molecule has 0 aromatic carbocycles. The summed E-state index contributed by atoms with van der Waals surface area (Å²) in [6.07, 6.45) is 62.4. The van der Waals surface area contributed by atoms with Gasteiger partial charge in [0, 0.05) is 12.8 Å². The Morgan fingerprint density at radius 2 is 0.641 bits per heavy atom. The molecule has 0 spiro atoms. The number of hydrogen-bond acceptors (Lipinski definition) is 5. The van der Waals surface area contributed by atoms with Crippen LogP contribution in [-0.4, -0.2) is 47.4 Å². The number of ether oxygens (including phenoxy) is 1. The maximum Gasteiger partial charge on any atom is 0.305 e. The first kappa shape index (κ1) is 62.9.